The molecule has 0 spiro atoms. The van der Waals surface area contributed by atoms with Gasteiger partial charge in [0, 0.05) is 13.0 Å². The van der Waals surface area contributed by atoms with Crippen molar-refractivity contribution in [2.24, 2.45) is 0 Å². The molecule has 0 atom stereocenters. The number of carbonyl (C=O) groups excluding carboxylic acids is 1. The highest BCUT2D eigenvalue weighted by Crippen LogP contribution is 2.35. The van der Waals surface area contributed by atoms with Crippen molar-refractivity contribution < 1.29 is 24.5 Å². The number of rotatable bonds is 7. The van der Waals surface area contributed by atoms with E-state index in [9.17, 15) is 14.7 Å². The number of hydrogen-bond donors (Lipinski definition) is 3. The summed E-state index contributed by atoms with van der Waals surface area (Å²) in [6, 6.07) is 3.42. The maximum absolute atomic E-state index is 11.3. The molecule has 1 rings (SSSR count). The number of carboxylic acid groups (broad SMARTS) is 1. The molecule has 0 fully saturated rings. The lowest BCUT2D eigenvalue weighted by molar-refractivity contribution is -0.138. The maximum Gasteiger partial charge on any atom is 0.303 e. The number of phenolic OH excluding ortho intramolecular Hbond substituents is 1. The van der Waals surface area contributed by atoms with Crippen LogP contribution in [0.2, 0.25) is 0 Å². The molecule has 7 heteroatoms. The van der Waals surface area contributed by atoms with Gasteiger partial charge in [-0.05, 0) is 40.0 Å². The second kappa shape index (κ2) is 7.74. The third kappa shape index (κ3) is 5.08. The molecule has 1 aromatic rings. The van der Waals surface area contributed by atoms with Gasteiger partial charge in [-0.25, -0.2) is 0 Å². The van der Waals surface area contributed by atoms with E-state index in [1.807, 2.05) is 0 Å². The zero-order valence-corrected chi connectivity index (χ0v) is 12.6. The van der Waals surface area contributed by atoms with Crippen molar-refractivity contribution in [1.82, 2.24) is 5.32 Å². The first-order chi connectivity index (χ1) is 9.43. The number of phenols is 1. The molecule has 110 valence electrons. The summed E-state index contributed by atoms with van der Waals surface area (Å²) in [4.78, 5) is 21.6. The average Bonchev–Trinajstić information content (AvgIpc) is 2.40. The number of aliphatic carboxylic acids is 1. The summed E-state index contributed by atoms with van der Waals surface area (Å²) >= 11 is 3.22. The van der Waals surface area contributed by atoms with Crippen LogP contribution < -0.4 is 10.1 Å². The van der Waals surface area contributed by atoms with Crippen LogP contribution in [0.3, 0.4) is 0 Å². The van der Waals surface area contributed by atoms with Gasteiger partial charge in [0.05, 0.1) is 18.0 Å². The van der Waals surface area contributed by atoms with Crippen molar-refractivity contribution >= 4 is 27.8 Å². The lowest BCUT2D eigenvalue weighted by Crippen LogP contribution is -2.26. The van der Waals surface area contributed by atoms with Crippen molar-refractivity contribution in [3.8, 4) is 11.5 Å². The fourth-order valence-corrected chi connectivity index (χ4v) is 2.07. The summed E-state index contributed by atoms with van der Waals surface area (Å²) in [5, 5.41) is 20.8. The van der Waals surface area contributed by atoms with E-state index in [4.69, 9.17) is 9.84 Å². The highest BCUT2D eigenvalue weighted by atomic mass is 79.9. The molecule has 0 saturated heterocycles. The zero-order valence-electron chi connectivity index (χ0n) is 11.0. The Hall–Kier alpha value is -1.76. The fraction of sp³-hybridized carbons (Fsp3) is 0.385. The van der Waals surface area contributed by atoms with E-state index in [1.165, 1.54) is 7.11 Å². The summed E-state index contributed by atoms with van der Waals surface area (Å²) in [5.74, 6) is -0.905. The minimum Gasteiger partial charge on any atom is -0.503 e. The van der Waals surface area contributed by atoms with Crippen molar-refractivity contribution in [3.63, 3.8) is 0 Å². The van der Waals surface area contributed by atoms with Crippen LogP contribution in [0.15, 0.2) is 16.6 Å². The topological polar surface area (TPSA) is 95.9 Å². The third-order valence-electron chi connectivity index (χ3n) is 2.61. The standard InChI is InChI=1S/C13H16BrNO5/c1-20-10-7-8(6-9(14)13(10)19)4-5-15-11(16)2-3-12(17)18/h6-7,19H,2-5H2,1H3,(H,15,16)(H,17,18). The second-order valence-electron chi connectivity index (χ2n) is 4.12. The van der Waals surface area contributed by atoms with Gasteiger partial charge in [-0.3, -0.25) is 9.59 Å². The fourth-order valence-electron chi connectivity index (χ4n) is 1.58. The Kier molecular flexibility index (Phi) is 6.30. The van der Waals surface area contributed by atoms with E-state index in [2.05, 4.69) is 21.2 Å². The molecule has 0 unspecified atom stereocenters. The van der Waals surface area contributed by atoms with Crippen LogP contribution in [0, 0.1) is 0 Å². The number of ether oxygens (including phenoxy) is 1. The van der Waals surface area contributed by atoms with Gasteiger partial charge in [-0.2, -0.15) is 0 Å². The van der Waals surface area contributed by atoms with Crippen molar-refractivity contribution in [3.05, 3.63) is 22.2 Å². The van der Waals surface area contributed by atoms with Crippen molar-refractivity contribution in [2.45, 2.75) is 19.3 Å². The predicted molar refractivity (Wildman–Crippen MR) is 75.9 cm³/mol. The number of halogens is 1. The summed E-state index contributed by atoms with van der Waals surface area (Å²) in [6.07, 6.45) is 0.344. The van der Waals surface area contributed by atoms with Gasteiger partial charge in [0.2, 0.25) is 5.91 Å². The molecule has 0 aliphatic rings. The van der Waals surface area contributed by atoms with Gasteiger partial charge in [-0.15, -0.1) is 0 Å². The molecule has 0 radical (unpaired) electrons. The second-order valence-corrected chi connectivity index (χ2v) is 4.98. The molecule has 20 heavy (non-hydrogen) atoms. The summed E-state index contributed by atoms with van der Waals surface area (Å²) in [7, 11) is 1.46. The van der Waals surface area contributed by atoms with Gasteiger partial charge in [0.25, 0.3) is 0 Å². The minimum atomic E-state index is -0.993. The van der Waals surface area contributed by atoms with E-state index in [0.717, 1.165) is 5.56 Å². The van der Waals surface area contributed by atoms with Gasteiger partial charge in [0.15, 0.2) is 11.5 Å². The molecule has 0 aliphatic carbocycles. The van der Waals surface area contributed by atoms with Crippen LogP contribution in [0.25, 0.3) is 0 Å². The Morgan fingerprint density at radius 2 is 2.05 bits per heavy atom. The van der Waals surface area contributed by atoms with Crippen LogP contribution in [-0.2, 0) is 16.0 Å². The largest absolute Gasteiger partial charge is 0.503 e. The highest BCUT2D eigenvalue weighted by Gasteiger charge is 2.09. The van der Waals surface area contributed by atoms with Crippen molar-refractivity contribution in [1.29, 1.82) is 0 Å². The number of carbonyl (C=O) groups is 2. The number of methoxy groups -OCH3 is 1. The lowest BCUT2D eigenvalue weighted by Gasteiger charge is -2.09. The third-order valence-corrected chi connectivity index (χ3v) is 3.21. The van der Waals surface area contributed by atoms with Crippen LogP contribution in [0.5, 0.6) is 11.5 Å². The van der Waals surface area contributed by atoms with E-state index < -0.39 is 5.97 Å². The van der Waals surface area contributed by atoms with Crippen LogP contribution in [-0.4, -0.2) is 35.7 Å². The Bertz CT molecular complexity index is 504. The highest BCUT2D eigenvalue weighted by molar-refractivity contribution is 9.10. The molecule has 1 aromatic carbocycles. The van der Waals surface area contributed by atoms with Gasteiger partial charge in [0.1, 0.15) is 0 Å². The number of benzene rings is 1. The average molecular weight is 346 g/mol. The first kappa shape index (κ1) is 16.3. The molecule has 0 aliphatic heterocycles. The first-order valence-corrected chi connectivity index (χ1v) is 6.77. The van der Waals surface area contributed by atoms with Crippen molar-refractivity contribution in [2.75, 3.05) is 13.7 Å². The maximum atomic E-state index is 11.3. The smallest absolute Gasteiger partial charge is 0.303 e. The Morgan fingerprint density at radius 3 is 2.65 bits per heavy atom. The molecular formula is C13H16BrNO5. The molecule has 0 aromatic heterocycles. The molecule has 0 bridgehead atoms. The molecule has 0 saturated carbocycles. The summed E-state index contributed by atoms with van der Waals surface area (Å²) < 4.78 is 5.54. The molecule has 3 N–H and O–H groups in total. The molecule has 0 heterocycles. The number of nitrogens with one attached hydrogen (secondary N) is 1. The summed E-state index contributed by atoms with van der Waals surface area (Å²) in [6.45, 7) is 0.388. The SMILES string of the molecule is COc1cc(CCNC(=O)CCC(=O)O)cc(Br)c1O. The number of aromatic hydroxyl groups is 1. The Balaban J connectivity index is 2.48. The van der Waals surface area contributed by atoms with Crippen LogP contribution >= 0.6 is 15.9 Å². The van der Waals surface area contributed by atoms with Crippen LogP contribution in [0.4, 0.5) is 0 Å². The lowest BCUT2D eigenvalue weighted by atomic mass is 10.1. The van der Waals surface area contributed by atoms with Gasteiger partial charge >= 0.3 is 5.97 Å². The first-order valence-electron chi connectivity index (χ1n) is 5.98. The number of amides is 1. The minimum absolute atomic E-state index is 0.0294. The quantitative estimate of drug-likeness (QED) is 0.698. The zero-order chi connectivity index (χ0) is 15.1. The van der Waals surface area contributed by atoms with Gasteiger partial charge < -0.3 is 20.3 Å². The molecular weight excluding hydrogens is 330 g/mol. The summed E-state index contributed by atoms with van der Waals surface area (Å²) in [5.41, 5.74) is 0.880. The van der Waals surface area contributed by atoms with E-state index in [-0.39, 0.29) is 24.5 Å². The molecule has 6 nitrogen and oxygen atoms in total. The monoisotopic (exact) mass is 345 g/mol. The number of carboxylic acids is 1. The van der Waals surface area contributed by atoms with Gasteiger partial charge in [-0.1, -0.05) is 0 Å². The van der Waals surface area contributed by atoms with E-state index in [1.54, 1.807) is 12.1 Å². The molecule has 1 amide bonds. The Morgan fingerprint density at radius 1 is 1.35 bits per heavy atom. The normalized spacial score (nSPS) is 10.1. The van der Waals surface area contributed by atoms with Crippen LogP contribution in [0.1, 0.15) is 18.4 Å². The van der Waals surface area contributed by atoms with E-state index in [0.29, 0.717) is 23.2 Å². The Labute approximate surface area is 124 Å². The van der Waals surface area contributed by atoms with E-state index >= 15 is 0 Å². The number of hydrogen-bond acceptors (Lipinski definition) is 4. The predicted octanol–water partition coefficient (Wildman–Crippen LogP) is 1.69.